The van der Waals surface area contributed by atoms with Crippen LogP contribution in [-0.2, 0) is 27.7 Å². The molecule has 2 rings (SSSR count). The van der Waals surface area contributed by atoms with Gasteiger partial charge in [-0.15, -0.1) is 12.4 Å². The third-order valence-corrected chi connectivity index (χ3v) is 8.48. The summed E-state index contributed by atoms with van der Waals surface area (Å²) < 4.78 is 14.3. The van der Waals surface area contributed by atoms with E-state index in [0.717, 1.165) is 19.0 Å². The molecular weight excluding hydrogens is 655 g/mol. The van der Waals surface area contributed by atoms with Gasteiger partial charge in [0.05, 0.1) is 0 Å². The minimum Gasteiger partial charge on any atom is -0.550 e. The van der Waals surface area contributed by atoms with Gasteiger partial charge in [0, 0.05) is 61.6 Å². The van der Waals surface area contributed by atoms with Crippen LogP contribution in [0.1, 0.15) is 58.2 Å². The molecule has 45 heavy (non-hydrogen) atoms. The average Bonchev–Trinajstić information content (AvgIpc) is 3.49. The first-order valence-corrected chi connectivity index (χ1v) is 20.7. The smallest absolute Gasteiger partial charge is 0.550 e. The normalized spacial score (nSPS) is 10.5. The van der Waals surface area contributed by atoms with E-state index in [2.05, 4.69) is 60.3 Å². The zero-order valence-electron chi connectivity index (χ0n) is 28.0. The molecule has 0 saturated carbocycles. The van der Waals surface area contributed by atoms with Crippen molar-refractivity contribution in [1.82, 2.24) is 19.1 Å². The minimum atomic E-state index is -1.11. The number of nitrogens with two attached hydrogens (primary N) is 1. The fraction of sp³-hybridized carbons (Fsp3) is 0.577. The van der Waals surface area contributed by atoms with Crippen molar-refractivity contribution in [3.63, 3.8) is 0 Å². The number of ketones is 2. The molecule has 0 aromatic carbocycles. The number of carboxylic acids is 1. The van der Waals surface area contributed by atoms with Crippen LogP contribution in [-0.4, -0.2) is 88.9 Å². The van der Waals surface area contributed by atoms with Gasteiger partial charge in [0.15, 0.2) is 29.5 Å². The number of rotatable bonds is 14. The third-order valence-electron chi connectivity index (χ3n) is 5.07. The molecule has 0 fully saturated rings. The van der Waals surface area contributed by atoms with Gasteiger partial charge in [0.1, 0.15) is 31.1 Å². The second-order valence-electron chi connectivity index (χ2n) is 11.6. The Labute approximate surface area is 295 Å². The standard InChI is InChI=1S/C12H21N3O3Si.C12H20N2O3Si.C2H4O2.ClH.H3NO.Na/c1-10(16)11-8-15(12(14-11)7-13-17)9-18-5-6-19(2,3)4;1-10(16)11-7-14(12(8-15)13-11)9-17-5-6-18(2,3)4;1-2(3)4;;1-2;/h7-8,17H,5-6,9H2,1-4H3;7-8H,5-6,9H2,1-4H3;1H3,(H,3,4);1H;2H,1H2;/q;;;;;+1/p-1/b13-7+;;;;;. The van der Waals surface area contributed by atoms with E-state index in [0.29, 0.717) is 43.4 Å². The van der Waals surface area contributed by atoms with Crippen LogP contribution in [0, 0.1) is 0 Å². The predicted octanol–water partition coefficient (Wildman–Crippen LogP) is -0.0671. The Hall–Kier alpha value is -2.07. The fourth-order valence-corrected chi connectivity index (χ4v) is 4.25. The van der Waals surface area contributed by atoms with Gasteiger partial charge in [0.2, 0.25) is 0 Å². The van der Waals surface area contributed by atoms with Gasteiger partial charge in [-0.25, -0.2) is 15.9 Å². The van der Waals surface area contributed by atoms with E-state index in [1.165, 1.54) is 20.1 Å². The van der Waals surface area contributed by atoms with E-state index in [9.17, 15) is 14.4 Å². The summed E-state index contributed by atoms with van der Waals surface area (Å²) in [5.74, 6) is 2.77. The molecule has 0 aliphatic rings. The molecule has 0 atom stereocenters. The number of aromatic nitrogens is 4. The molecular formula is C26H48ClN6NaO9Si2. The van der Waals surface area contributed by atoms with Crippen LogP contribution in [0.25, 0.3) is 0 Å². The van der Waals surface area contributed by atoms with Gasteiger partial charge < -0.3 is 38.9 Å². The summed E-state index contributed by atoms with van der Waals surface area (Å²) in [4.78, 5) is 50.1. The summed E-state index contributed by atoms with van der Waals surface area (Å²) in [6.07, 6.45) is 4.98. The van der Waals surface area contributed by atoms with Gasteiger partial charge in [0.25, 0.3) is 0 Å². The molecule has 0 aliphatic carbocycles. The zero-order valence-corrected chi connectivity index (χ0v) is 32.8. The van der Waals surface area contributed by atoms with Crippen LogP contribution in [0.4, 0.5) is 0 Å². The number of aliphatic carboxylic acids is 1. The Kier molecular flexibility index (Phi) is 28.8. The van der Waals surface area contributed by atoms with Crippen LogP contribution < -0.4 is 40.6 Å². The summed E-state index contributed by atoms with van der Waals surface area (Å²) in [5.41, 5.74) is 0.634. The quantitative estimate of drug-likeness (QED) is 0.0448. The van der Waals surface area contributed by atoms with Crippen molar-refractivity contribution in [2.75, 3.05) is 13.2 Å². The number of hydrogen-bond donors (Lipinski definition) is 3. The molecule has 4 N–H and O–H groups in total. The van der Waals surface area contributed by atoms with Crippen LogP contribution in [0.15, 0.2) is 17.5 Å². The Bertz CT molecular complexity index is 1180. The van der Waals surface area contributed by atoms with Gasteiger partial charge in [-0.3, -0.25) is 14.4 Å². The topological polar surface area (TPSA) is 224 Å². The number of oxime groups is 1. The number of Topliss-reactive ketones (excluding diaryl/α,β-unsaturated/α-hetero) is 2. The van der Waals surface area contributed by atoms with Crippen LogP contribution >= 0.6 is 12.4 Å². The summed E-state index contributed by atoms with van der Waals surface area (Å²) >= 11 is 0. The number of imidazole rings is 2. The van der Waals surface area contributed by atoms with E-state index in [4.69, 9.17) is 29.8 Å². The number of ether oxygens (including phenoxy) is 2. The monoisotopic (exact) mass is 702 g/mol. The number of carboxylic acid groups (broad SMARTS) is 1. The summed E-state index contributed by atoms with van der Waals surface area (Å²) in [6, 6.07) is 2.14. The maximum absolute atomic E-state index is 11.3. The Morgan fingerprint density at radius 1 is 0.867 bits per heavy atom. The van der Waals surface area contributed by atoms with Crippen molar-refractivity contribution in [3.8, 4) is 0 Å². The predicted molar refractivity (Wildman–Crippen MR) is 171 cm³/mol. The molecule has 0 unspecified atom stereocenters. The number of hydrogen-bond acceptors (Lipinski definition) is 13. The second kappa shape index (κ2) is 26.1. The minimum absolute atomic E-state index is 0. The molecule has 2 heterocycles. The SMILES string of the molecule is CC(=O)[O-].CC(=O)c1cn(COCC[Si](C)(C)C)c(/C=N/O)n1.CC(=O)c1cn(COCC[Si](C)(C)C)c(C=O)n1.Cl.NO.[Na+]. The first-order chi connectivity index (χ1) is 19.9. The van der Waals surface area contributed by atoms with Crippen molar-refractivity contribution in [2.24, 2.45) is 11.1 Å². The van der Waals surface area contributed by atoms with Crippen molar-refractivity contribution in [1.29, 1.82) is 0 Å². The van der Waals surface area contributed by atoms with Crippen molar-refractivity contribution in [3.05, 3.63) is 35.4 Å². The van der Waals surface area contributed by atoms with Crippen LogP contribution in [0.3, 0.4) is 0 Å². The zero-order chi connectivity index (χ0) is 33.8. The van der Waals surface area contributed by atoms with Gasteiger partial charge in [-0.1, -0.05) is 44.4 Å². The van der Waals surface area contributed by atoms with Crippen molar-refractivity contribution >= 4 is 58.6 Å². The molecule has 2 aromatic rings. The Morgan fingerprint density at radius 3 is 1.49 bits per heavy atom. The summed E-state index contributed by atoms with van der Waals surface area (Å²) in [6.45, 7) is 19.4. The van der Waals surface area contributed by atoms with Gasteiger partial charge in [-0.2, -0.15) is 0 Å². The third kappa shape index (κ3) is 25.8. The number of carbonyl (C=O) groups excluding carboxylic acids is 4. The maximum atomic E-state index is 11.3. The Balaban J connectivity index is -0.000000306. The number of nitrogens with zero attached hydrogens (tertiary/aromatic N) is 5. The van der Waals surface area contributed by atoms with E-state index in [1.54, 1.807) is 21.5 Å². The van der Waals surface area contributed by atoms with E-state index < -0.39 is 22.1 Å². The molecule has 19 heteroatoms. The Morgan fingerprint density at radius 2 is 1.20 bits per heavy atom. The van der Waals surface area contributed by atoms with Crippen LogP contribution in [0.2, 0.25) is 51.4 Å². The molecule has 0 radical (unpaired) electrons. The molecule has 0 aliphatic heterocycles. The molecule has 0 saturated heterocycles. The van der Waals surface area contributed by atoms with Gasteiger partial charge in [-0.05, 0) is 19.0 Å². The number of halogens is 1. The summed E-state index contributed by atoms with van der Waals surface area (Å²) in [5, 5.41) is 26.9. The number of carbonyl (C=O) groups is 4. The van der Waals surface area contributed by atoms with Crippen molar-refractivity contribution < 1.29 is 73.7 Å². The first kappa shape index (κ1) is 49.8. The molecule has 2 aromatic heterocycles. The largest absolute Gasteiger partial charge is 1.00 e. The molecule has 0 amide bonds. The van der Waals surface area contributed by atoms with E-state index in [1.807, 2.05) is 0 Å². The van der Waals surface area contributed by atoms with Crippen LogP contribution in [0.5, 0.6) is 0 Å². The average molecular weight is 703 g/mol. The van der Waals surface area contributed by atoms with Gasteiger partial charge >= 0.3 is 29.6 Å². The molecule has 15 nitrogen and oxygen atoms in total. The molecule has 0 spiro atoms. The number of aldehydes is 1. The maximum Gasteiger partial charge on any atom is 1.00 e. The second-order valence-corrected chi connectivity index (χ2v) is 22.8. The molecule has 252 valence electrons. The summed E-state index contributed by atoms with van der Waals surface area (Å²) in [7, 11) is -2.21. The van der Waals surface area contributed by atoms with E-state index >= 15 is 0 Å². The van der Waals surface area contributed by atoms with E-state index in [-0.39, 0.29) is 66.1 Å². The first-order valence-electron chi connectivity index (χ1n) is 13.3. The fourth-order valence-electron chi connectivity index (χ4n) is 2.74. The molecule has 0 bridgehead atoms. The van der Waals surface area contributed by atoms with Crippen molar-refractivity contribution in [2.45, 2.75) is 85.6 Å².